The Kier molecular flexibility index (Phi) is 4.77. The fourth-order valence-electron chi connectivity index (χ4n) is 4.20. The van der Waals surface area contributed by atoms with Crippen LogP contribution in [0, 0.1) is 11.6 Å². The molecule has 0 saturated carbocycles. The standard InChI is InChI=1S/C26H19F2N7/c1-35(2)15-10-14(11-29-12-15)23-22(28)21-20(13-30-23)33-34-25(21)26-31-19-9-5-7-17(24(19)32-26)16-6-3-4-8-18(16)27/h3-13H,1-2H3,(H,31,32)(H,33,34). The molecule has 0 aliphatic rings. The largest absolute Gasteiger partial charge is 0.376 e. The van der Waals surface area contributed by atoms with Gasteiger partial charge in [-0.25, -0.2) is 13.8 Å². The van der Waals surface area contributed by atoms with Crippen LogP contribution in [0.4, 0.5) is 14.5 Å². The highest BCUT2D eigenvalue weighted by Crippen LogP contribution is 2.35. The molecule has 2 N–H and O–H groups in total. The molecule has 0 aliphatic heterocycles. The molecule has 0 spiro atoms. The summed E-state index contributed by atoms with van der Waals surface area (Å²) in [5.74, 6) is -0.498. The number of imidazole rings is 1. The summed E-state index contributed by atoms with van der Waals surface area (Å²) in [6.07, 6.45) is 4.82. The number of pyridine rings is 2. The maximum absolute atomic E-state index is 15.9. The minimum Gasteiger partial charge on any atom is -0.376 e. The molecular weight excluding hydrogens is 448 g/mol. The minimum absolute atomic E-state index is 0.166. The van der Waals surface area contributed by atoms with Crippen LogP contribution in [-0.4, -0.2) is 44.2 Å². The number of nitrogens with one attached hydrogen (secondary N) is 2. The van der Waals surface area contributed by atoms with E-state index in [1.165, 1.54) is 6.07 Å². The molecule has 0 radical (unpaired) electrons. The number of benzene rings is 2. The molecule has 6 rings (SSSR count). The van der Waals surface area contributed by atoms with Crippen LogP contribution in [0.15, 0.2) is 67.1 Å². The average molecular weight is 467 g/mol. The zero-order valence-corrected chi connectivity index (χ0v) is 18.8. The van der Waals surface area contributed by atoms with Crippen LogP contribution >= 0.6 is 0 Å². The number of aromatic amines is 2. The molecule has 2 aromatic carbocycles. The number of halogens is 2. The second kappa shape index (κ2) is 7.98. The Bertz CT molecular complexity index is 1720. The molecular formula is C26H19F2N7. The molecule has 0 fully saturated rings. The Morgan fingerprint density at radius 2 is 1.71 bits per heavy atom. The summed E-state index contributed by atoms with van der Waals surface area (Å²) in [5.41, 5.74) is 4.67. The molecule has 4 aromatic heterocycles. The lowest BCUT2D eigenvalue weighted by Gasteiger charge is -2.13. The van der Waals surface area contributed by atoms with Gasteiger partial charge in [0.1, 0.15) is 17.2 Å². The number of anilines is 1. The van der Waals surface area contributed by atoms with E-state index in [4.69, 9.17) is 0 Å². The van der Waals surface area contributed by atoms with Crippen LogP contribution in [-0.2, 0) is 0 Å². The smallest absolute Gasteiger partial charge is 0.161 e. The van der Waals surface area contributed by atoms with Gasteiger partial charge < -0.3 is 9.88 Å². The van der Waals surface area contributed by atoms with Gasteiger partial charge in [0.25, 0.3) is 0 Å². The van der Waals surface area contributed by atoms with Gasteiger partial charge in [0, 0.05) is 37.0 Å². The van der Waals surface area contributed by atoms with E-state index >= 15 is 4.39 Å². The second-order valence-corrected chi connectivity index (χ2v) is 8.37. The number of fused-ring (bicyclic) bond motifs is 2. The lowest BCUT2D eigenvalue weighted by Crippen LogP contribution is -2.09. The van der Waals surface area contributed by atoms with Gasteiger partial charge in [0.15, 0.2) is 11.6 Å². The monoisotopic (exact) mass is 467 g/mol. The number of para-hydroxylation sites is 1. The van der Waals surface area contributed by atoms with Crippen LogP contribution < -0.4 is 4.90 Å². The number of hydrogen-bond donors (Lipinski definition) is 2. The molecule has 0 saturated heterocycles. The van der Waals surface area contributed by atoms with Crippen LogP contribution in [0.1, 0.15) is 0 Å². The van der Waals surface area contributed by atoms with Gasteiger partial charge >= 0.3 is 0 Å². The summed E-state index contributed by atoms with van der Waals surface area (Å²) < 4.78 is 30.4. The van der Waals surface area contributed by atoms with E-state index in [0.29, 0.717) is 44.8 Å². The molecule has 0 unspecified atom stereocenters. The van der Waals surface area contributed by atoms with Crippen LogP contribution in [0.5, 0.6) is 0 Å². The zero-order valence-electron chi connectivity index (χ0n) is 18.8. The lowest BCUT2D eigenvalue weighted by atomic mass is 10.0. The van der Waals surface area contributed by atoms with Gasteiger partial charge in [0.2, 0.25) is 0 Å². The quantitative estimate of drug-likeness (QED) is 0.354. The molecule has 0 aliphatic carbocycles. The molecule has 7 nitrogen and oxygen atoms in total. The van der Waals surface area contributed by atoms with Crippen molar-refractivity contribution < 1.29 is 8.78 Å². The van der Waals surface area contributed by atoms with Crippen molar-refractivity contribution in [1.29, 1.82) is 0 Å². The molecule has 172 valence electrons. The lowest BCUT2D eigenvalue weighted by molar-refractivity contribution is 0.631. The number of hydrogen-bond acceptors (Lipinski definition) is 5. The predicted octanol–water partition coefficient (Wildman–Crippen LogP) is 5.57. The SMILES string of the molecule is CN(C)c1cncc(-c2ncc3[nH]nc(-c4nc5cccc(-c6ccccc6F)c5[nH]4)c3c2F)c1. The summed E-state index contributed by atoms with van der Waals surface area (Å²) in [6.45, 7) is 0. The van der Waals surface area contributed by atoms with E-state index in [0.717, 1.165) is 5.69 Å². The maximum Gasteiger partial charge on any atom is 0.161 e. The second-order valence-electron chi connectivity index (χ2n) is 8.37. The first-order valence-corrected chi connectivity index (χ1v) is 10.9. The third-order valence-corrected chi connectivity index (χ3v) is 5.96. The highest BCUT2D eigenvalue weighted by atomic mass is 19.1. The zero-order chi connectivity index (χ0) is 24.1. The Hall–Kier alpha value is -4.66. The fraction of sp³-hybridized carbons (Fsp3) is 0.0769. The Morgan fingerprint density at radius 3 is 2.54 bits per heavy atom. The van der Waals surface area contributed by atoms with Gasteiger partial charge in [-0.3, -0.25) is 15.1 Å². The van der Waals surface area contributed by atoms with E-state index in [-0.39, 0.29) is 16.9 Å². The fourth-order valence-corrected chi connectivity index (χ4v) is 4.20. The predicted molar refractivity (Wildman–Crippen MR) is 132 cm³/mol. The molecule has 0 bridgehead atoms. The Morgan fingerprint density at radius 1 is 0.886 bits per heavy atom. The van der Waals surface area contributed by atoms with E-state index < -0.39 is 5.82 Å². The molecule has 35 heavy (non-hydrogen) atoms. The van der Waals surface area contributed by atoms with Gasteiger partial charge in [0.05, 0.1) is 40.0 Å². The van der Waals surface area contributed by atoms with Crippen LogP contribution in [0.2, 0.25) is 0 Å². The van der Waals surface area contributed by atoms with Crippen molar-refractivity contribution in [1.82, 2.24) is 30.1 Å². The Labute approximate surface area is 198 Å². The number of nitrogens with zero attached hydrogens (tertiary/aromatic N) is 5. The van der Waals surface area contributed by atoms with Gasteiger partial charge in [-0.05, 0) is 18.2 Å². The molecule has 9 heteroatoms. The summed E-state index contributed by atoms with van der Waals surface area (Å²) in [6, 6.07) is 13.8. The van der Waals surface area contributed by atoms with Crippen molar-refractivity contribution in [2.24, 2.45) is 0 Å². The van der Waals surface area contributed by atoms with Crippen molar-refractivity contribution in [3.05, 3.63) is 78.8 Å². The third kappa shape index (κ3) is 3.40. The van der Waals surface area contributed by atoms with E-state index in [2.05, 4.69) is 30.1 Å². The third-order valence-electron chi connectivity index (χ3n) is 5.96. The van der Waals surface area contributed by atoms with Crippen molar-refractivity contribution >= 4 is 27.6 Å². The van der Waals surface area contributed by atoms with Gasteiger partial charge in [-0.1, -0.05) is 30.3 Å². The minimum atomic E-state index is -0.529. The molecule has 0 amide bonds. The van der Waals surface area contributed by atoms with Crippen molar-refractivity contribution in [3.63, 3.8) is 0 Å². The normalized spacial score (nSPS) is 11.4. The van der Waals surface area contributed by atoms with Crippen LogP contribution in [0.25, 0.3) is 55.8 Å². The average Bonchev–Trinajstić information content (AvgIpc) is 3.49. The first kappa shape index (κ1) is 20.9. The molecule has 4 heterocycles. The summed E-state index contributed by atoms with van der Waals surface area (Å²) in [4.78, 5) is 18.3. The van der Waals surface area contributed by atoms with Gasteiger partial charge in [-0.15, -0.1) is 0 Å². The first-order chi connectivity index (χ1) is 17.0. The van der Waals surface area contributed by atoms with Gasteiger partial charge in [-0.2, -0.15) is 5.10 Å². The molecule has 6 aromatic rings. The summed E-state index contributed by atoms with van der Waals surface area (Å²) in [7, 11) is 3.78. The van der Waals surface area contributed by atoms with E-state index in [1.807, 2.05) is 43.3 Å². The summed E-state index contributed by atoms with van der Waals surface area (Å²) in [5, 5.41) is 7.43. The molecule has 0 atom stereocenters. The van der Waals surface area contributed by atoms with Crippen molar-refractivity contribution in [2.75, 3.05) is 19.0 Å². The number of H-pyrrole nitrogens is 2. The number of rotatable bonds is 4. The van der Waals surface area contributed by atoms with Crippen molar-refractivity contribution in [2.45, 2.75) is 0 Å². The highest BCUT2D eigenvalue weighted by Gasteiger charge is 2.21. The van der Waals surface area contributed by atoms with Crippen LogP contribution in [0.3, 0.4) is 0 Å². The van der Waals surface area contributed by atoms with E-state index in [1.54, 1.807) is 36.8 Å². The van der Waals surface area contributed by atoms with Crippen molar-refractivity contribution in [3.8, 4) is 33.9 Å². The topological polar surface area (TPSA) is 86.4 Å². The Balaban J connectivity index is 1.53. The number of aromatic nitrogens is 6. The van der Waals surface area contributed by atoms with E-state index in [9.17, 15) is 4.39 Å². The first-order valence-electron chi connectivity index (χ1n) is 10.9. The maximum atomic E-state index is 15.9. The highest BCUT2D eigenvalue weighted by molar-refractivity contribution is 5.98. The summed E-state index contributed by atoms with van der Waals surface area (Å²) >= 11 is 0.